The van der Waals surface area contributed by atoms with Crippen molar-refractivity contribution in [2.75, 3.05) is 39.9 Å². The first-order valence-electron chi connectivity index (χ1n) is 6.20. The quantitative estimate of drug-likeness (QED) is 0.754. The Labute approximate surface area is 97.3 Å². The molecule has 2 aliphatic heterocycles. The number of ether oxygens (including phenoxy) is 1. The fourth-order valence-electron chi connectivity index (χ4n) is 2.77. The maximum atomic E-state index is 12.2. The van der Waals surface area contributed by atoms with E-state index in [1.807, 2.05) is 4.90 Å². The molecule has 4 nitrogen and oxygen atoms in total. The minimum atomic E-state index is 0.216. The van der Waals surface area contributed by atoms with Gasteiger partial charge < -0.3 is 15.0 Å². The normalized spacial score (nSPS) is 34.6. The van der Waals surface area contributed by atoms with Crippen molar-refractivity contribution >= 4 is 5.91 Å². The molecular weight excluding hydrogens is 204 g/mol. The average Bonchev–Trinajstić information content (AvgIpc) is 2.88. The van der Waals surface area contributed by atoms with Crippen molar-refractivity contribution in [1.82, 2.24) is 10.2 Å². The number of carbonyl (C=O) groups is 1. The summed E-state index contributed by atoms with van der Waals surface area (Å²) in [5, 5.41) is 3.25. The maximum Gasteiger partial charge on any atom is 0.227 e. The van der Waals surface area contributed by atoms with Crippen molar-refractivity contribution in [3.63, 3.8) is 0 Å². The third-order valence-electron chi connectivity index (χ3n) is 3.87. The van der Waals surface area contributed by atoms with E-state index in [0.717, 1.165) is 39.2 Å². The molecule has 0 aromatic heterocycles. The van der Waals surface area contributed by atoms with E-state index in [-0.39, 0.29) is 5.92 Å². The van der Waals surface area contributed by atoms with Gasteiger partial charge in [0.2, 0.25) is 5.91 Å². The molecule has 3 atom stereocenters. The standard InChI is InChI=1S/C12H22N2O2/c1-9-6-14(7-11(9)8-16-2)12(15)10-3-4-13-5-10/h9-11,13H,3-8H2,1-2H3. The highest BCUT2D eigenvalue weighted by Crippen LogP contribution is 2.25. The van der Waals surface area contributed by atoms with Crippen LogP contribution in [0.25, 0.3) is 0 Å². The van der Waals surface area contributed by atoms with Crippen molar-refractivity contribution in [3.05, 3.63) is 0 Å². The van der Waals surface area contributed by atoms with E-state index in [9.17, 15) is 4.79 Å². The molecule has 0 saturated carbocycles. The van der Waals surface area contributed by atoms with E-state index in [1.165, 1.54) is 0 Å². The first kappa shape index (κ1) is 11.9. The van der Waals surface area contributed by atoms with E-state index in [0.29, 0.717) is 17.7 Å². The maximum absolute atomic E-state index is 12.2. The van der Waals surface area contributed by atoms with Crippen LogP contribution >= 0.6 is 0 Å². The molecule has 0 aromatic rings. The highest BCUT2D eigenvalue weighted by atomic mass is 16.5. The number of methoxy groups -OCH3 is 1. The SMILES string of the molecule is COCC1CN(C(=O)C2CCNC2)CC1C. The van der Waals surface area contributed by atoms with Gasteiger partial charge in [0.25, 0.3) is 0 Å². The molecule has 16 heavy (non-hydrogen) atoms. The molecule has 0 spiro atoms. The molecular formula is C12H22N2O2. The molecule has 2 aliphatic rings. The molecule has 2 heterocycles. The van der Waals surface area contributed by atoms with Crippen LogP contribution in [0.5, 0.6) is 0 Å². The van der Waals surface area contributed by atoms with Gasteiger partial charge in [-0.3, -0.25) is 4.79 Å². The Hall–Kier alpha value is -0.610. The molecule has 2 rings (SSSR count). The Balaban J connectivity index is 1.88. The van der Waals surface area contributed by atoms with Gasteiger partial charge >= 0.3 is 0 Å². The van der Waals surface area contributed by atoms with Crippen molar-refractivity contribution in [2.24, 2.45) is 17.8 Å². The molecule has 0 bridgehead atoms. The van der Waals surface area contributed by atoms with Crippen LogP contribution in [-0.4, -0.2) is 50.7 Å². The minimum Gasteiger partial charge on any atom is -0.384 e. The number of nitrogens with zero attached hydrogens (tertiary/aromatic N) is 1. The Morgan fingerprint density at radius 2 is 2.31 bits per heavy atom. The molecule has 2 saturated heterocycles. The monoisotopic (exact) mass is 226 g/mol. The first-order valence-corrected chi connectivity index (χ1v) is 6.20. The molecule has 92 valence electrons. The van der Waals surface area contributed by atoms with Gasteiger partial charge in [-0.25, -0.2) is 0 Å². The number of carbonyl (C=O) groups excluding carboxylic acids is 1. The van der Waals surface area contributed by atoms with Gasteiger partial charge in [0.1, 0.15) is 0 Å². The number of likely N-dealkylation sites (tertiary alicyclic amines) is 1. The highest BCUT2D eigenvalue weighted by Gasteiger charge is 2.35. The van der Waals surface area contributed by atoms with Gasteiger partial charge in [0.05, 0.1) is 12.5 Å². The second kappa shape index (κ2) is 5.15. The average molecular weight is 226 g/mol. The molecule has 0 aliphatic carbocycles. The molecule has 4 heteroatoms. The predicted molar refractivity (Wildman–Crippen MR) is 62.1 cm³/mol. The zero-order chi connectivity index (χ0) is 11.5. The van der Waals surface area contributed by atoms with Crippen LogP contribution < -0.4 is 5.32 Å². The molecule has 1 N–H and O–H groups in total. The zero-order valence-corrected chi connectivity index (χ0v) is 10.2. The lowest BCUT2D eigenvalue weighted by molar-refractivity contribution is -0.134. The van der Waals surface area contributed by atoms with Crippen LogP contribution in [-0.2, 0) is 9.53 Å². The summed E-state index contributed by atoms with van der Waals surface area (Å²) in [5.41, 5.74) is 0. The summed E-state index contributed by atoms with van der Waals surface area (Å²) < 4.78 is 5.20. The lowest BCUT2D eigenvalue weighted by Gasteiger charge is -2.20. The number of hydrogen-bond donors (Lipinski definition) is 1. The molecule has 3 unspecified atom stereocenters. The first-order chi connectivity index (χ1) is 7.72. The van der Waals surface area contributed by atoms with Crippen molar-refractivity contribution < 1.29 is 9.53 Å². The highest BCUT2D eigenvalue weighted by molar-refractivity contribution is 5.79. The molecule has 1 amide bonds. The lowest BCUT2D eigenvalue weighted by Crippen LogP contribution is -2.35. The minimum absolute atomic E-state index is 0.216. The van der Waals surface area contributed by atoms with Crippen LogP contribution in [0.2, 0.25) is 0 Å². The van der Waals surface area contributed by atoms with Crippen LogP contribution in [0, 0.1) is 17.8 Å². The second-order valence-corrected chi connectivity index (χ2v) is 5.13. The van der Waals surface area contributed by atoms with E-state index in [1.54, 1.807) is 7.11 Å². The van der Waals surface area contributed by atoms with Crippen molar-refractivity contribution in [3.8, 4) is 0 Å². The summed E-state index contributed by atoms with van der Waals surface area (Å²) in [7, 11) is 1.73. The van der Waals surface area contributed by atoms with Gasteiger partial charge in [0.15, 0.2) is 0 Å². The summed E-state index contributed by atoms with van der Waals surface area (Å²) in [6.45, 7) is 6.62. The fraction of sp³-hybridized carbons (Fsp3) is 0.917. The van der Waals surface area contributed by atoms with Gasteiger partial charge in [0, 0.05) is 32.7 Å². The summed E-state index contributed by atoms with van der Waals surface area (Å²) in [5.74, 6) is 1.64. The molecule has 0 aromatic carbocycles. The fourth-order valence-corrected chi connectivity index (χ4v) is 2.77. The summed E-state index contributed by atoms with van der Waals surface area (Å²) in [6, 6.07) is 0. The smallest absolute Gasteiger partial charge is 0.227 e. The number of hydrogen-bond acceptors (Lipinski definition) is 3. The zero-order valence-electron chi connectivity index (χ0n) is 10.2. The van der Waals surface area contributed by atoms with E-state index in [2.05, 4.69) is 12.2 Å². The summed E-state index contributed by atoms with van der Waals surface area (Å²) in [6.07, 6.45) is 0.999. The number of nitrogens with one attached hydrogen (secondary N) is 1. The lowest BCUT2D eigenvalue weighted by atomic mass is 10.00. The van der Waals surface area contributed by atoms with Crippen LogP contribution in [0.4, 0.5) is 0 Å². The second-order valence-electron chi connectivity index (χ2n) is 5.13. The largest absolute Gasteiger partial charge is 0.384 e. The van der Waals surface area contributed by atoms with Gasteiger partial charge in [-0.1, -0.05) is 6.92 Å². The van der Waals surface area contributed by atoms with Crippen LogP contribution in [0.3, 0.4) is 0 Å². The van der Waals surface area contributed by atoms with Crippen molar-refractivity contribution in [2.45, 2.75) is 13.3 Å². The third kappa shape index (κ3) is 2.38. The molecule has 2 fully saturated rings. The Morgan fingerprint density at radius 1 is 1.50 bits per heavy atom. The van der Waals surface area contributed by atoms with Gasteiger partial charge in [-0.2, -0.15) is 0 Å². The number of amides is 1. The van der Waals surface area contributed by atoms with E-state index in [4.69, 9.17) is 4.74 Å². The van der Waals surface area contributed by atoms with Crippen molar-refractivity contribution in [1.29, 1.82) is 0 Å². The van der Waals surface area contributed by atoms with E-state index < -0.39 is 0 Å². The predicted octanol–water partition coefficient (Wildman–Crippen LogP) is 0.337. The third-order valence-corrected chi connectivity index (χ3v) is 3.87. The topological polar surface area (TPSA) is 41.6 Å². The Kier molecular flexibility index (Phi) is 3.82. The molecule has 0 radical (unpaired) electrons. The Bertz CT molecular complexity index is 251. The van der Waals surface area contributed by atoms with Gasteiger partial charge in [-0.15, -0.1) is 0 Å². The van der Waals surface area contributed by atoms with E-state index >= 15 is 0 Å². The Morgan fingerprint density at radius 3 is 2.94 bits per heavy atom. The number of rotatable bonds is 3. The van der Waals surface area contributed by atoms with Crippen LogP contribution in [0.15, 0.2) is 0 Å². The summed E-state index contributed by atoms with van der Waals surface area (Å²) >= 11 is 0. The van der Waals surface area contributed by atoms with Crippen LogP contribution in [0.1, 0.15) is 13.3 Å². The summed E-state index contributed by atoms with van der Waals surface area (Å²) in [4.78, 5) is 14.2. The van der Waals surface area contributed by atoms with Gasteiger partial charge in [-0.05, 0) is 18.9 Å².